The fraction of sp³-hybridized carbons (Fsp3) is 0.600. The average molecular weight is 234 g/mol. The zero-order valence-corrected chi connectivity index (χ0v) is 11.4. The van der Waals surface area contributed by atoms with Crippen LogP contribution in [0.3, 0.4) is 0 Å². The average Bonchev–Trinajstić information content (AvgIpc) is 2.35. The van der Waals surface area contributed by atoms with Crippen molar-refractivity contribution in [2.75, 3.05) is 25.0 Å². The molecule has 0 spiro atoms. The minimum absolute atomic E-state index is 0.297. The van der Waals surface area contributed by atoms with Crippen molar-refractivity contribution in [1.82, 2.24) is 0 Å². The Morgan fingerprint density at radius 2 is 1.76 bits per heavy atom. The Kier molecular flexibility index (Phi) is 5.49. The van der Waals surface area contributed by atoms with Crippen LogP contribution in [0.2, 0.25) is 0 Å². The van der Waals surface area contributed by atoms with Gasteiger partial charge < -0.3 is 10.6 Å². The maximum Gasteiger partial charge on any atom is 0.0363 e. The van der Waals surface area contributed by atoms with Crippen molar-refractivity contribution < 1.29 is 0 Å². The van der Waals surface area contributed by atoms with Crippen LogP contribution in [0.4, 0.5) is 5.69 Å². The zero-order valence-electron chi connectivity index (χ0n) is 11.4. The minimum Gasteiger partial charge on any atom is -0.375 e. The Hall–Kier alpha value is -1.02. The van der Waals surface area contributed by atoms with Gasteiger partial charge in [-0.25, -0.2) is 0 Å². The van der Waals surface area contributed by atoms with Gasteiger partial charge in [0.2, 0.25) is 0 Å². The molecule has 2 N–H and O–H groups in total. The van der Waals surface area contributed by atoms with Crippen LogP contribution in [-0.4, -0.2) is 20.1 Å². The molecule has 0 aromatic heterocycles. The molecule has 0 unspecified atom stereocenters. The molecule has 1 aromatic carbocycles. The molecule has 0 saturated heterocycles. The maximum atomic E-state index is 5.73. The van der Waals surface area contributed by atoms with Crippen molar-refractivity contribution in [1.29, 1.82) is 0 Å². The lowest BCUT2D eigenvalue weighted by Crippen LogP contribution is -2.24. The van der Waals surface area contributed by atoms with Gasteiger partial charge >= 0.3 is 0 Å². The Bertz CT molecular complexity index is 306. The van der Waals surface area contributed by atoms with Crippen LogP contribution in [-0.2, 0) is 0 Å². The van der Waals surface area contributed by atoms with Gasteiger partial charge in [-0.05, 0) is 36.9 Å². The molecule has 0 heterocycles. The van der Waals surface area contributed by atoms with Gasteiger partial charge in [0.25, 0.3) is 0 Å². The lowest BCUT2D eigenvalue weighted by Gasteiger charge is -2.23. The van der Waals surface area contributed by atoms with Crippen LogP contribution in [0.15, 0.2) is 30.3 Å². The van der Waals surface area contributed by atoms with Crippen molar-refractivity contribution in [2.45, 2.75) is 33.1 Å². The zero-order chi connectivity index (χ0) is 12.7. The van der Waals surface area contributed by atoms with Gasteiger partial charge in [-0.1, -0.05) is 38.5 Å². The first-order valence-electron chi connectivity index (χ1n) is 6.51. The van der Waals surface area contributed by atoms with E-state index in [1.54, 1.807) is 0 Å². The largest absolute Gasteiger partial charge is 0.375 e. The molecule has 0 bridgehead atoms. The number of anilines is 1. The van der Waals surface area contributed by atoms with E-state index in [1.807, 2.05) is 0 Å². The van der Waals surface area contributed by atoms with E-state index in [4.69, 9.17) is 5.73 Å². The van der Waals surface area contributed by atoms with Crippen LogP contribution in [0.1, 0.15) is 33.1 Å². The number of nitrogens with two attached hydrogens (primary N) is 1. The third-order valence-corrected chi connectivity index (χ3v) is 3.35. The van der Waals surface area contributed by atoms with E-state index in [0.717, 1.165) is 13.1 Å². The summed E-state index contributed by atoms with van der Waals surface area (Å²) in [4.78, 5) is 2.31. The van der Waals surface area contributed by atoms with Crippen molar-refractivity contribution in [3.05, 3.63) is 30.3 Å². The summed E-state index contributed by atoms with van der Waals surface area (Å²) >= 11 is 0. The van der Waals surface area contributed by atoms with E-state index < -0.39 is 0 Å². The normalized spacial score (nSPS) is 11.5. The summed E-state index contributed by atoms with van der Waals surface area (Å²) in [6.45, 7) is 6.38. The van der Waals surface area contributed by atoms with Crippen molar-refractivity contribution >= 4 is 5.69 Å². The molecule has 2 nitrogen and oxygen atoms in total. The summed E-state index contributed by atoms with van der Waals surface area (Å²) < 4.78 is 0. The standard InChI is InChI=1S/C15H26N2/c1-15(2,13-16)11-7-8-12-17(3)14-9-5-4-6-10-14/h4-6,9-10H,7-8,11-13,16H2,1-3H3. The predicted octanol–water partition coefficient (Wildman–Crippen LogP) is 3.28. The number of benzene rings is 1. The molecular formula is C15H26N2. The SMILES string of the molecule is CN(CCCCC(C)(C)CN)c1ccccc1. The molecule has 0 fully saturated rings. The van der Waals surface area contributed by atoms with E-state index in [2.05, 4.69) is 56.1 Å². The van der Waals surface area contributed by atoms with Gasteiger partial charge in [-0.3, -0.25) is 0 Å². The highest BCUT2D eigenvalue weighted by atomic mass is 15.1. The van der Waals surface area contributed by atoms with Crippen molar-refractivity contribution in [2.24, 2.45) is 11.1 Å². The Balaban J connectivity index is 2.24. The first-order valence-corrected chi connectivity index (χ1v) is 6.51. The highest BCUT2D eigenvalue weighted by Crippen LogP contribution is 2.21. The van der Waals surface area contributed by atoms with Crippen LogP contribution in [0.5, 0.6) is 0 Å². The van der Waals surface area contributed by atoms with E-state index in [-0.39, 0.29) is 0 Å². The van der Waals surface area contributed by atoms with Crippen LogP contribution in [0.25, 0.3) is 0 Å². The van der Waals surface area contributed by atoms with Gasteiger partial charge in [0.05, 0.1) is 0 Å². The summed E-state index contributed by atoms with van der Waals surface area (Å²) in [5.74, 6) is 0. The molecule has 0 aliphatic heterocycles. The van der Waals surface area contributed by atoms with E-state index >= 15 is 0 Å². The second kappa shape index (κ2) is 6.65. The summed E-state index contributed by atoms with van der Waals surface area (Å²) in [5, 5.41) is 0. The highest BCUT2D eigenvalue weighted by molar-refractivity contribution is 5.44. The number of para-hydroxylation sites is 1. The first kappa shape index (κ1) is 14.0. The lowest BCUT2D eigenvalue weighted by atomic mass is 9.87. The Labute approximate surface area is 106 Å². The van der Waals surface area contributed by atoms with E-state index in [9.17, 15) is 0 Å². The molecule has 1 rings (SSSR count). The maximum absolute atomic E-state index is 5.73. The Morgan fingerprint density at radius 3 is 2.35 bits per heavy atom. The van der Waals surface area contributed by atoms with Crippen LogP contribution in [0, 0.1) is 5.41 Å². The van der Waals surface area contributed by atoms with Crippen LogP contribution >= 0.6 is 0 Å². The quantitative estimate of drug-likeness (QED) is 0.734. The third kappa shape index (κ3) is 5.22. The molecule has 17 heavy (non-hydrogen) atoms. The topological polar surface area (TPSA) is 29.3 Å². The van der Waals surface area contributed by atoms with Gasteiger partial charge in [-0.15, -0.1) is 0 Å². The smallest absolute Gasteiger partial charge is 0.0363 e. The minimum atomic E-state index is 0.297. The molecule has 0 radical (unpaired) electrons. The fourth-order valence-corrected chi connectivity index (χ4v) is 1.87. The number of hydrogen-bond donors (Lipinski definition) is 1. The molecule has 2 heteroatoms. The van der Waals surface area contributed by atoms with Gasteiger partial charge in [-0.2, -0.15) is 0 Å². The summed E-state index contributed by atoms with van der Waals surface area (Å²) in [6, 6.07) is 10.5. The van der Waals surface area contributed by atoms with Crippen molar-refractivity contribution in [3.8, 4) is 0 Å². The molecular weight excluding hydrogens is 208 g/mol. The molecule has 96 valence electrons. The summed E-state index contributed by atoms with van der Waals surface area (Å²) in [5.41, 5.74) is 7.32. The van der Waals surface area contributed by atoms with E-state index in [1.165, 1.54) is 24.9 Å². The number of unbranched alkanes of at least 4 members (excludes halogenated alkanes) is 1. The lowest BCUT2D eigenvalue weighted by molar-refractivity contribution is 0.333. The van der Waals surface area contributed by atoms with Gasteiger partial charge in [0.15, 0.2) is 0 Å². The highest BCUT2D eigenvalue weighted by Gasteiger charge is 2.14. The molecule has 0 amide bonds. The molecule has 0 aliphatic rings. The molecule has 0 aliphatic carbocycles. The number of hydrogen-bond acceptors (Lipinski definition) is 2. The number of rotatable bonds is 7. The fourth-order valence-electron chi connectivity index (χ4n) is 1.87. The molecule has 1 aromatic rings. The predicted molar refractivity (Wildman–Crippen MR) is 76.4 cm³/mol. The second-order valence-corrected chi connectivity index (χ2v) is 5.58. The van der Waals surface area contributed by atoms with Crippen molar-refractivity contribution in [3.63, 3.8) is 0 Å². The number of nitrogens with zero attached hydrogens (tertiary/aromatic N) is 1. The summed E-state index contributed by atoms with van der Waals surface area (Å²) in [6.07, 6.45) is 3.70. The van der Waals surface area contributed by atoms with E-state index in [0.29, 0.717) is 5.41 Å². The van der Waals surface area contributed by atoms with Gasteiger partial charge in [0.1, 0.15) is 0 Å². The molecule has 0 saturated carbocycles. The third-order valence-electron chi connectivity index (χ3n) is 3.35. The first-order chi connectivity index (χ1) is 8.05. The Morgan fingerprint density at radius 1 is 1.12 bits per heavy atom. The summed E-state index contributed by atoms with van der Waals surface area (Å²) in [7, 11) is 2.16. The second-order valence-electron chi connectivity index (χ2n) is 5.58. The monoisotopic (exact) mass is 234 g/mol. The molecule has 0 atom stereocenters. The van der Waals surface area contributed by atoms with Gasteiger partial charge in [0, 0.05) is 19.3 Å². The van der Waals surface area contributed by atoms with Crippen LogP contribution < -0.4 is 10.6 Å².